The molecule has 2 aliphatic carbocycles. The molecule has 0 saturated heterocycles. The zero-order chi connectivity index (χ0) is 15.5. The zero-order valence-electron chi connectivity index (χ0n) is 13.2. The van der Waals surface area contributed by atoms with Crippen molar-refractivity contribution in [2.75, 3.05) is 18.0 Å². The Morgan fingerprint density at radius 1 is 1.27 bits per heavy atom. The van der Waals surface area contributed by atoms with Gasteiger partial charge in [-0.15, -0.1) is 0 Å². The van der Waals surface area contributed by atoms with Crippen LogP contribution in [0.2, 0.25) is 0 Å². The molecule has 1 aromatic carbocycles. The summed E-state index contributed by atoms with van der Waals surface area (Å²) in [5, 5.41) is 4.29. The Labute approximate surface area is 131 Å². The van der Waals surface area contributed by atoms with Crippen LogP contribution in [0.15, 0.2) is 41.5 Å². The smallest absolute Gasteiger partial charge is 0.271 e. The Balaban J connectivity index is 1.61. The van der Waals surface area contributed by atoms with E-state index in [1.807, 2.05) is 24.3 Å². The maximum Gasteiger partial charge on any atom is 0.271 e. The third kappa shape index (κ3) is 2.78. The SMILES string of the molecule is CCN(CC)c1ccc(C(=O)N/N=C2/C[C@@H]3CC=C[C@H]23)cc1. The third-order valence-electron chi connectivity index (χ3n) is 4.71. The Morgan fingerprint density at radius 3 is 2.64 bits per heavy atom. The number of nitrogens with one attached hydrogen (secondary N) is 1. The highest BCUT2D eigenvalue weighted by molar-refractivity contribution is 5.98. The molecular weight excluding hydrogens is 274 g/mol. The number of anilines is 1. The summed E-state index contributed by atoms with van der Waals surface area (Å²) in [6.07, 6.45) is 6.59. The molecular formula is C18H23N3O. The van der Waals surface area contributed by atoms with Crippen LogP contribution >= 0.6 is 0 Å². The van der Waals surface area contributed by atoms with E-state index in [0.717, 1.165) is 43.2 Å². The molecule has 0 aromatic heterocycles. The first-order valence-corrected chi connectivity index (χ1v) is 8.11. The molecule has 4 nitrogen and oxygen atoms in total. The Bertz CT molecular complexity index is 599. The van der Waals surface area contributed by atoms with Gasteiger partial charge in [0.1, 0.15) is 0 Å². The topological polar surface area (TPSA) is 44.7 Å². The van der Waals surface area contributed by atoms with E-state index < -0.39 is 0 Å². The first-order valence-electron chi connectivity index (χ1n) is 8.11. The number of hydrogen-bond donors (Lipinski definition) is 1. The van der Waals surface area contributed by atoms with E-state index >= 15 is 0 Å². The normalized spacial score (nSPS) is 24.0. The number of rotatable bonds is 5. The van der Waals surface area contributed by atoms with Gasteiger partial charge in [-0.25, -0.2) is 5.43 Å². The van der Waals surface area contributed by atoms with Crippen LogP contribution in [0.5, 0.6) is 0 Å². The number of amides is 1. The fourth-order valence-electron chi connectivity index (χ4n) is 3.26. The second-order valence-electron chi connectivity index (χ2n) is 5.92. The molecule has 1 N–H and O–H groups in total. The van der Waals surface area contributed by atoms with Crippen molar-refractivity contribution in [2.45, 2.75) is 26.7 Å². The summed E-state index contributed by atoms with van der Waals surface area (Å²) in [7, 11) is 0. The monoisotopic (exact) mass is 297 g/mol. The van der Waals surface area contributed by atoms with Crippen LogP contribution in [0.4, 0.5) is 5.69 Å². The van der Waals surface area contributed by atoms with Gasteiger partial charge < -0.3 is 4.90 Å². The van der Waals surface area contributed by atoms with Crippen molar-refractivity contribution in [2.24, 2.45) is 16.9 Å². The van der Waals surface area contributed by atoms with Crippen molar-refractivity contribution < 1.29 is 4.79 Å². The van der Waals surface area contributed by atoms with Gasteiger partial charge in [0.15, 0.2) is 0 Å². The lowest BCUT2D eigenvalue weighted by Crippen LogP contribution is -2.35. The van der Waals surface area contributed by atoms with Gasteiger partial charge in [-0.05, 0) is 56.9 Å². The van der Waals surface area contributed by atoms with Crippen LogP contribution in [0, 0.1) is 11.8 Å². The highest BCUT2D eigenvalue weighted by Gasteiger charge is 2.37. The van der Waals surface area contributed by atoms with Crippen molar-refractivity contribution in [3.8, 4) is 0 Å². The minimum atomic E-state index is -0.135. The summed E-state index contributed by atoms with van der Waals surface area (Å²) in [5.74, 6) is 1.05. The standard InChI is InChI=1S/C18H23N3O/c1-3-21(4-2)15-10-8-13(9-11-15)18(22)20-19-17-12-14-6-5-7-16(14)17/h5,7-11,14,16H,3-4,6,12H2,1-2H3,(H,20,22)/b19-17-/t14-,16-/m0/s1. The molecule has 0 aliphatic heterocycles. The second kappa shape index (κ2) is 6.34. The van der Waals surface area contributed by atoms with Crippen LogP contribution in [-0.4, -0.2) is 24.7 Å². The molecule has 0 radical (unpaired) electrons. The lowest BCUT2D eigenvalue weighted by molar-refractivity contribution is 0.0954. The van der Waals surface area contributed by atoms with Crippen LogP contribution < -0.4 is 10.3 Å². The number of carbonyl (C=O) groups excluding carboxylic acids is 1. The lowest BCUT2D eigenvalue weighted by atomic mass is 9.74. The zero-order valence-corrected chi connectivity index (χ0v) is 13.2. The van der Waals surface area contributed by atoms with Crippen LogP contribution in [0.3, 0.4) is 0 Å². The number of carbonyl (C=O) groups is 1. The summed E-state index contributed by atoms with van der Waals surface area (Å²) >= 11 is 0. The van der Waals surface area contributed by atoms with Gasteiger partial charge in [0.2, 0.25) is 0 Å². The van der Waals surface area contributed by atoms with Gasteiger partial charge in [0.05, 0.1) is 0 Å². The van der Waals surface area contributed by atoms with Crippen molar-refractivity contribution in [1.82, 2.24) is 5.43 Å². The highest BCUT2D eigenvalue weighted by atomic mass is 16.2. The number of fused-ring (bicyclic) bond motifs is 1. The molecule has 0 unspecified atom stereocenters. The number of hydrazone groups is 1. The minimum absolute atomic E-state index is 0.135. The van der Waals surface area contributed by atoms with E-state index in [-0.39, 0.29) is 5.91 Å². The predicted octanol–water partition coefficient (Wildman–Crippen LogP) is 3.21. The third-order valence-corrected chi connectivity index (χ3v) is 4.71. The average molecular weight is 297 g/mol. The number of nitrogens with zero attached hydrogens (tertiary/aromatic N) is 2. The summed E-state index contributed by atoms with van der Waals surface area (Å²) in [6, 6.07) is 7.72. The van der Waals surface area contributed by atoms with Crippen LogP contribution in [0.25, 0.3) is 0 Å². The molecule has 0 heterocycles. The van der Waals surface area contributed by atoms with E-state index in [4.69, 9.17) is 0 Å². The molecule has 2 aliphatic rings. The lowest BCUT2D eigenvalue weighted by Gasteiger charge is -2.31. The molecule has 1 saturated carbocycles. The molecule has 1 amide bonds. The van der Waals surface area contributed by atoms with Gasteiger partial charge in [-0.1, -0.05) is 12.2 Å². The fraction of sp³-hybridized carbons (Fsp3) is 0.444. The van der Waals surface area contributed by atoms with Crippen LogP contribution in [0.1, 0.15) is 37.0 Å². The molecule has 116 valence electrons. The van der Waals surface area contributed by atoms with E-state index in [9.17, 15) is 4.79 Å². The summed E-state index contributed by atoms with van der Waals surface area (Å²) in [5.41, 5.74) is 5.59. The van der Waals surface area contributed by atoms with E-state index in [1.54, 1.807) is 0 Å². The van der Waals surface area contributed by atoms with Gasteiger partial charge in [-0.2, -0.15) is 5.10 Å². The quantitative estimate of drug-likeness (QED) is 0.670. The number of benzene rings is 1. The molecule has 0 spiro atoms. The highest BCUT2D eigenvalue weighted by Crippen LogP contribution is 2.40. The Hall–Kier alpha value is -2.10. The molecule has 3 rings (SSSR count). The summed E-state index contributed by atoms with van der Waals surface area (Å²) in [4.78, 5) is 14.4. The molecule has 0 bridgehead atoms. The predicted molar refractivity (Wildman–Crippen MR) is 90.3 cm³/mol. The van der Waals surface area contributed by atoms with E-state index in [1.165, 1.54) is 0 Å². The second-order valence-corrected chi connectivity index (χ2v) is 5.92. The summed E-state index contributed by atoms with van der Waals surface area (Å²) in [6.45, 7) is 6.19. The largest absolute Gasteiger partial charge is 0.372 e. The van der Waals surface area contributed by atoms with Crippen molar-refractivity contribution in [1.29, 1.82) is 0 Å². The molecule has 4 heteroatoms. The van der Waals surface area contributed by atoms with E-state index in [2.05, 4.69) is 41.4 Å². The maximum absolute atomic E-state index is 12.2. The van der Waals surface area contributed by atoms with Crippen molar-refractivity contribution >= 4 is 17.3 Å². The number of allylic oxidation sites excluding steroid dienone is 2. The van der Waals surface area contributed by atoms with Gasteiger partial charge in [0.25, 0.3) is 5.91 Å². The maximum atomic E-state index is 12.2. The Kier molecular flexibility index (Phi) is 4.27. The van der Waals surface area contributed by atoms with Gasteiger partial charge in [0, 0.05) is 36.0 Å². The minimum Gasteiger partial charge on any atom is -0.372 e. The van der Waals surface area contributed by atoms with Gasteiger partial charge >= 0.3 is 0 Å². The Morgan fingerprint density at radius 2 is 2.00 bits per heavy atom. The average Bonchev–Trinajstić information content (AvgIpc) is 2.90. The number of hydrogen-bond acceptors (Lipinski definition) is 3. The first kappa shape index (κ1) is 14.8. The van der Waals surface area contributed by atoms with Crippen LogP contribution in [-0.2, 0) is 0 Å². The molecule has 1 fully saturated rings. The summed E-state index contributed by atoms with van der Waals surface area (Å²) < 4.78 is 0. The van der Waals surface area contributed by atoms with Crippen molar-refractivity contribution in [3.63, 3.8) is 0 Å². The molecule has 2 atom stereocenters. The molecule has 22 heavy (non-hydrogen) atoms. The van der Waals surface area contributed by atoms with Gasteiger partial charge in [-0.3, -0.25) is 4.79 Å². The van der Waals surface area contributed by atoms with Crippen molar-refractivity contribution in [3.05, 3.63) is 42.0 Å². The fourth-order valence-corrected chi connectivity index (χ4v) is 3.26. The van der Waals surface area contributed by atoms with E-state index in [0.29, 0.717) is 11.5 Å². The molecule has 1 aromatic rings. The first-order chi connectivity index (χ1) is 10.7.